The number of nitrogens with zero attached hydrogens (tertiary/aromatic N) is 4. The number of hydrogen-bond acceptors (Lipinski definition) is 5. The maximum absolute atomic E-state index is 12.9. The van der Waals surface area contributed by atoms with Crippen LogP contribution in [0, 0.1) is 0 Å². The molecule has 7 nitrogen and oxygen atoms in total. The highest BCUT2D eigenvalue weighted by Crippen LogP contribution is 2.34. The maximum Gasteiger partial charge on any atom is 0.433 e. The number of imidazole rings is 1. The van der Waals surface area contributed by atoms with Gasteiger partial charge < -0.3 is 9.72 Å². The highest BCUT2D eigenvalue weighted by Gasteiger charge is 2.33. The number of aryl methyl sites for hydroxylation is 1. The standard InChI is InChI=1S/C19H20F3N5O2/c1-2-10-27-16-14(24-15(25-16)11-6-3-4-7-11)17(28)26-18(27)29-13-9-5-8-12(23-13)19(20,21)22/h5,8-9,11H,2-4,6-7,10H2,1H3,(H,24,25). The van der Waals surface area contributed by atoms with E-state index in [1.54, 1.807) is 4.57 Å². The van der Waals surface area contributed by atoms with Crippen LogP contribution in [-0.4, -0.2) is 24.5 Å². The molecule has 154 valence electrons. The molecule has 1 saturated carbocycles. The molecule has 1 fully saturated rings. The summed E-state index contributed by atoms with van der Waals surface area (Å²) >= 11 is 0. The molecule has 0 spiro atoms. The van der Waals surface area contributed by atoms with E-state index in [1.807, 2.05) is 6.92 Å². The molecule has 3 aromatic heterocycles. The number of H-pyrrole nitrogens is 1. The van der Waals surface area contributed by atoms with Gasteiger partial charge in [-0.15, -0.1) is 0 Å². The number of aromatic nitrogens is 5. The number of rotatable bonds is 5. The third-order valence-corrected chi connectivity index (χ3v) is 5.00. The van der Waals surface area contributed by atoms with Gasteiger partial charge in [-0.3, -0.25) is 9.36 Å². The molecule has 1 aliphatic rings. The van der Waals surface area contributed by atoms with E-state index in [9.17, 15) is 18.0 Å². The van der Waals surface area contributed by atoms with Crippen molar-refractivity contribution in [2.75, 3.05) is 0 Å². The summed E-state index contributed by atoms with van der Waals surface area (Å²) in [6.07, 6.45) is 0.346. The van der Waals surface area contributed by atoms with Crippen LogP contribution in [-0.2, 0) is 12.7 Å². The summed E-state index contributed by atoms with van der Waals surface area (Å²) < 4.78 is 45.9. The van der Waals surface area contributed by atoms with Crippen LogP contribution in [0.25, 0.3) is 11.2 Å². The fraction of sp³-hybridized carbons (Fsp3) is 0.474. The van der Waals surface area contributed by atoms with Crippen LogP contribution in [0.1, 0.15) is 56.5 Å². The zero-order valence-electron chi connectivity index (χ0n) is 15.8. The fourth-order valence-electron chi connectivity index (χ4n) is 3.64. The molecule has 0 atom stereocenters. The van der Waals surface area contributed by atoms with Gasteiger partial charge in [0.05, 0.1) is 0 Å². The van der Waals surface area contributed by atoms with Crippen LogP contribution >= 0.6 is 0 Å². The van der Waals surface area contributed by atoms with Crippen molar-refractivity contribution >= 4 is 11.2 Å². The second-order valence-corrected chi connectivity index (χ2v) is 7.11. The zero-order valence-corrected chi connectivity index (χ0v) is 15.8. The first kappa shape index (κ1) is 19.4. The Labute approximate surface area is 164 Å². The minimum Gasteiger partial charge on any atom is -0.406 e. The summed E-state index contributed by atoms with van der Waals surface area (Å²) in [4.78, 5) is 27.7. The van der Waals surface area contributed by atoms with Crippen molar-refractivity contribution in [3.8, 4) is 11.9 Å². The highest BCUT2D eigenvalue weighted by molar-refractivity contribution is 5.70. The molecule has 0 amide bonds. The predicted molar refractivity (Wildman–Crippen MR) is 99.0 cm³/mol. The van der Waals surface area contributed by atoms with Crippen molar-refractivity contribution in [3.63, 3.8) is 0 Å². The Morgan fingerprint density at radius 3 is 2.66 bits per heavy atom. The summed E-state index contributed by atoms with van der Waals surface area (Å²) in [5, 5.41) is 0. The van der Waals surface area contributed by atoms with Gasteiger partial charge in [0.1, 0.15) is 11.5 Å². The number of alkyl halides is 3. The lowest BCUT2D eigenvalue weighted by atomic mass is 10.1. The number of aromatic amines is 1. The van der Waals surface area contributed by atoms with Gasteiger partial charge in [-0.05, 0) is 25.3 Å². The summed E-state index contributed by atoms with van der Waals surface area (Å²) in [6.45, 7) is 2.37. The second kappa shape index (κ2) is 7.49. The predicted octanol–water partition coefficient (Wildman–Crippen LogP) is 4.39. The molecule has 0 saturated heterocycles. The lowest BCUT2D eigenvalue weighted by Crippen LogP contribution is -2.16. The first-order chi connectivity index (χ1) is 13.9. The average Bonchev–Trinajstić information content (AvgIpc) is 3.34. The van der Waals surface area contributed by atoms with E-state index in [-0.39, 0.29) is 23.3 Å². The normalized spacial score (nSPS) is 15.3. The zero-order chi connectivity index (χ0) is 20.6. The second-order valence-electron chi connectivity index (χ2n) is 7.11. The molecule has 0 unspecified atom stereocenters. The molecule has 10 heteroatoms. The van der Waals surface area contributed by atoms with Gasteiger partial charge in [0.2, 0.25) is 5.88 Å². The van der Waals surface area contributed by atoms with Gasteiger partial charge in [-0.25, -0.2) is 9.97 Å². The van der Waals surface area contributed by atoms with Crippen LogP contribution in [0.15, 0.2) is 23.0 Å². The van der Waals surface area contributed by atoms with Crippen molar-refractivity contribution in [3.05, 3.63) is 40.1 Å². The van der Waals surface area contributed by atoms with Gasteiger partial charge in [0, 0.05) is 18.5 Å². The lowest BCUT2D eigenvalue weighted by Gasteiger charge is -2.13. The highest BCUT2D eigenvalue weighted by atomic mass is 19.4. The minimum atomic E-state index is -4.60. The molecule has 0 aliphatic heterocycles. The van der Waals surface area contributed by atoms with Crippen molar-refractivity contribution in [1.82, 2.24) is 24.5 Å². The van der Waals surface area contributed by atoms with Gasteiger partial charge >= 0.3 is 17.7 Å². The Hall–Kier alpha value is -2.91. The Kier molecular flexibility index (Phi) is 5.01. The summed E-state index contributed by atoms with van der Waals surface area (Å²) in [7, 11) is 0. The van der Waals surface area contributed by atoms with Crippen molar-refractivity contribution < 1.29 is 17.9 Å². The molecule has 3 heterocycles. The van der Waals surface area contributed by atoms with E-state index in [2.05, 4.69) is 19.9 Å². The topological polar surface area (TPSA) is 85.7 Å². The third-order valence-electron chi connectivity index (χ3n) is 5.00. The van der Waals surface area contributed by atoms with E-state index < -0.39 is 17.4 Å². The number of fused-ring (bicyclic) bond motifs is 1. The number of halogens is 3. The molecule has 0 bridgehead atoms. The van der Waals surface area contributed by atoms with Crippen molar-refractivity contribution in [2.24, 2.45) is 0 Å². The Morgan fingerprint density at radius 1 is 1.21 bits per heavy atom. The minimum absolute atomic E-state index is 0.124. The first-order valence-electron chi connectivity index (χ1n) is 9.59. The van der Waals surface area contributed by atoms with Crippen molar-refractivity contribution in [1.29, 1.82) is 0 Å². The smallest absolute Gasteiger partial charge is 0.406 e. The Morgan fingerprint density at radius 2 is 1.97 bits per heavy atom. The number of pyridine rings is 1. The molecular weight excluding hydrogens is 387 g/mol. The third kappa shape index (κ3) is 3.83. The van der Waals surface area contributed by atoms with E-state index in [4.69, 9.17) is 4.74 Å². The number of ether oxygens (including phenoxy) is 1. The van der Waals surface area contributed by atoms with Crippen LogP contribution < -0.4 is 10.3 Å². The van der Waals surface area contributed by atoms with E-state index in [1.165, 1.54) is 12.1 Å². The summed E-state index contributed by atoms with van der Waals surface area (Å²) in [6, 6.07) is 3.21. The largest absolute Gasteiger partial charge is 0.433 e. The Balaban J connectivity index is 1.77. The molecule has 0 aromatic carbocycles. The number of hydrogen-bond donors (Lipinski definition) is 1. The number of nitrogens with one attached hydrogen (secondary N) is 1. The SMILES string of the molecule is CCCn1c(Oc2cccc(C(F)(F)F)n2)nc(=O)c2[nH]c(C3CCCC3)nc21. The molecule has 1 N–H and O–H groups in total. The molecule has 0 radical (unpaired) electrons. The van der Waals surface area contributed by atoms with Gasteiger partial charge in [0.15, 0.2) is 11.2 Å². The van der Waals surface area contributed by atoms with Crippen LogP contribution in [0.2, 0.25) is 0 Å². The molecule has 29 heavy (non-hydrogen) atoms. The molecular formula is C19H20F3N5O2. The van der Waals surface area contributed by atoms with E-state index in [0.29, 0.717) is 18.6 Å². The van der Waals surface area contributed by atoms with E-state index >= 15 is 0 Å². The molecule has 1 aliphatic carbocycles. The summed E-state index contributed by atoms with van der Waals surface area (Å²) in [5.74, 6) is 0.726. The quantitative estimate of drug-likeness (QED) is 0.678. The van der Waals surface area contributed by atoms with Crippen molar-refractivity contribution in [2.45, 2.75) is 57.7 Å². The molecule has 3 aromatic rings. The van der Waals surface area contributed by atoms with Crippen LogP contribution in [0.3, 0.4) is 0 Å². The van der Waals surface area contributed by atoms with Gasteiger partial charge in [0.25, 0.3) is 0 Å². The van der Waals surface area contributed by atoms with Gasteiger partial charge in [-0.2, -0.15) is 18.2 Å². The first-order valence-corrected chi connectivity index (χ1v) is 9.59. The monoisotopic (exact) mass is 407 g/mol. The van der Waals surface area contributed by atoms with Crippen LogP contribution in [0.5, 0.6) is 11.9 Å². The molecule has 4 rings (SSSR count). The Bertz CT molecular complexity index is 1080. The van der Waals surface area contributed by atoms with Crippen LogP contribution in [0.4, 0.5) is 13.2 Å². The average molecular weight is 407 g/mol. The fourth-order valence-corrected chi connectivity index (χ4v) is 3.64. The van der Waals surface area contributed by atoms with Gasteiger partial charge in [-0.1, -0.05) is 25.8 Å². The maximum atomic E-state index is 12.9. The van der Waals surface area contributed by atoms with E-state index in [0.717, 1.165) is 37.6 Å². The lowest BCUT2D eigenvalue weighted by molar-refractivity contribution is -0.141. The summed E-state index contributed by atoms with van der Waals surface area (Å²) in [5.41, 5.74) is -0.963.